The number of rotatable bonds is 9. The topological polar surface area (TPSA) is 77.6 Å². The smallest absolute Gasteiger partial charge is 0.315 e. The molecule has 1 aromatic carbocycles. The van der Waals surface area contributed by atoms with E-state index >= 15 is 0 Å². The Kier molecular flexibility index (Phi) is 7.65. The third-order valence-corrected chi connectivity index (χ3v) is 5.34. The Hall–Kier alpha value is -3.09. The summed E-state index contributed by atoms with van der Waals surface area (Å²) in [6.45, 7) is 8.36. The van der Waals surface area contributed by atoms with Gasteiger partial charge in [-0.1, -0.05) is 30.3 Å². The standard InChI is InChI=1S/C23H31N5O2/c1-3-27(4-2)21-11-10-20(15-24-21)16-26-23(30)25-14-18-7-5-8-19(13-18)17-28-12-6-9-22(28)29/h5,7-8,10-11,13,15H,3-4,6,9,12,14,16-17H2,1-2H3,(H2,25,26,30). The molecule has 2 aromatic rings. The van der Waals surface area contributed by atoms with Crippen LogP contribution in [0, 0.1) is 0 Å². The van der Waals surface area contributed by atoms with Gasteiger partial charge in [-0.3, -0.25) is 4.79 Å². The van der Waals surface area contributed by atoms with E-state index < -0.39 is 0 Å². The highest BCUT2D eigenvalue weighted by Crippen LogP contribution is 2.15. The van der Waals surface area contributed by atoms with E-state index in [1.165, 1.54) is 0 Å². The molecule has 3 rings (SSSR count). The summed E-state index contributed by atoms with van der Waals surface area (Å²) in [5.74, 6) is 1.17. The normalized spacial score (nSPS) is 13.4. The van der Waals surface area contributed by atoms with Crippen LogP contribution in [-0.2, 0) is 24.4 Å². The molecule has 0 aliphatic carbocycles. The van der Waals surface area contributed by atoms with Crippen LogP contribution in [0.1, 0.15) is 43.4 Å². The second-order valence-corrected chi connectivity index (χ2v) is 7.47. The van der Waals surface area contributed by atoms with Gasteiger partial charge < -0.3 is 20.4 Å². The number of nitrogens with one attached hydrogen (secondary N) is 2. The van der Waals surface area contributed by atoms with Crippen LogP contribution in [-0.4, -0.2) is 41.5 Å². The van der Waals surface area contributed by atoms with Crippen LogP contribution in [0.15, 0.2) is 42.6 Å². The molecule has 3 amide bonds. The molecule has 7 heteroatoms. The number of aromatic nitrogens is 1. The monoisotopic (exact) mass is 409 g/mol. The predicted octanol–water partition coefficient (Wildman–Crippen LogP) is 3.05. The van der Waals surface area contributed by atoms with Crippen molar-refractivity contribution < 1.29 is 9.59 Å². The van der Waals surface area contributed by atoms with E-state index in [-0.39, 0.29) is 11.9 Å². The van der Waals surface area contributed by atoms with Gasteiger partial charge in [0.2, 0.25) is 5.91 Å². The molecule has 30 heavy (non-hydrogen) atoms. The number of pyridine rings is 1. The minimum absolute atomic E-state index is 0.219. The van der Waals surface area contributed by atoms with Gasteiger partial charge in [-0.2, -0.15) is 0 Å². The third-order valence-electron chi connectivity index (χ3n) is 5.34. The zero-order chi connectivity index (χ0) is 21.3. The highest BCUT2D eigenvalue weighted by molar-refractivity contribution is 5.78. The van der Waals surface area contributed by atoms with Crippen molar-refractivity contribution in [1.29, 1.82) is 0 Å². The second kappa shape index (κ2) is 10.6. The van der Waals surface area contributed by atoms with Crippen molar-refractivity contribution in [2.75, 3.05) is 24.5 Å². The van der Waals surface area contributed by atoms with Gasteiger partial charge in [0, 0.05) is 51.9 Å². The summed E-state index contributed by atoms with van der Waals surface area (Å²) in [7, 11) is 0. The van der Waals surface area contributed by atoms with Crippen molar-refractivity contribution in [3.63, 3.8) is 0 Å². The zero-order valence-electron chi connectivity index (χ0n) is 17.9. The number of hydrogen-bond acceptors (Lipinski definition) is 4. The lowest BCUT2D eigenvalue weighted by Gasteiger charge is -2.19. The second-order valence-electron chi connectivity index (χ2n) is 7.47. The molecule has 2 heterocycles. The molecular weight excluding hydrogens is 378 g/mol. The number of benzene rings is 1. The molecule has 0 atom stereocenters. The zero-order valence-corrected chi connectivity index (χ0v) is 17.9. The number of amides is 3. The molecule has 0 radical (unpaired) electrons. The Labute approximate surface area is 178 Å². The van der Waals surface area contributed by atoms with Crippen LogP contribution in [0.4, 0.5) is 10.6 Å². The summed E-state index contributed by atoms with van der Waals surface area (Å²) in [5.41, 5.74) is 3.06. The fourth-order valence-corrected chi connectivity index (χ4v) is 3.61. The van der Waals surface area contributed by atoms with Gasteiger partial charge in [0.25, 0.3) is 0 Å². The number of carbonyl (C=O) groups excluding carboxylic acids is 2. The van der Waals surface area contributed by atoms with Gasteiger partial charge in [0.05, 0.1) is 0 Å². The molecule has 0 bridgehead atoms. The molecule has 7 nitrogen and oxygen atoms in total. The molecular formula is C23H31N5O2. The van der Waals surface area contributed by atoms with Crippen LogP contribution in [0.2, 0.25) is 0 Å². The summed E-state index contributed by atoms with van der Waals surface area (Å²) in [4.78, 5) is 32.5. The molecule has 1 aliphatic heterocycles. The molecule has 0 spiro atoms. The Morgan fingerprint density at radius 3 is 2.43 bits per heavy atom. The summed E-state index contributed by atoms with van der Waals surface area (Å²) in [5, 5.41) is 5.76. The SMILES string of the molecule is CCN(CC)c1ccc(CNC(=O)NCc2cccc(CN3CCCC3=O)c2)cn1. The third kappa shape index (κ3) is 5.95. The van der Waals surface area contributed by atoms with E-state index in [1.54, 1.807) is 6.20 Å². The quantitative estimate of drug-likeness (QED) is 0.667. The van der Waals surface area contributed by atoms with Gasteiger partial charge >= 0.3 is 6.03 Å². The van der Waals surface area contributed by atoms with Crippen molar-refractivity contribution in [3.8, 4) is 0 Å². The van der Waals surface area contributed by atoms with Gasteiger partial charge in [0.1, 0.15) is 5.82 Å². The molecule has 0 saturated carbocycles. The van der Waals surface area contributed by atoms with Crippen molar-refractivity contribution in [1.82, 2.24) is 20.5 Å². The van der Waals surface area contributed by atoms with Crippen LogP contribution in [0.5, 0.6) is 0 Å². The van der Waals surface area contributed by atoms with Gasteiger partial charge in [-0.25, -0.2) is 9.78 Å². The minimum Gasteiger partial charge on any atom is -0.357 e. The lowest BCUT2D eigenvalue weighted by atomic mass is 10.1. The lowest BCUT2D eigenvalue weighted by Crippen LogP contribution is -2.34. The number of likely N-dealkylation sites (tertiary alicyclic amines) is 1. The van der Waals surface area contributed by atoms with Crippen LogP contribution < -0.4 is 15.5 Å². The molecule has 0 unspecified atom stereocenters. The molecule has 1 saturated heterocycles. The maximum absolute atomic E-state index is 12.2. The number of nitrogens with zero attached hydrogens (tertiary/aromatic N) is 3. The average molecular weight is 410 g/mol. The highest BCUT2D eigenvalue weighted by atomic mass is 16.2. The van der Waals surface area contributed by atoms with E-state index in [2.05, 4.69) is 34.4 Å². The van der Waals surface area contributed by atoms with Crippen molar-refractivity contribution in [3.05, 3.63) is 59.3 Å². The Bertz CT molecular complexity index is 849. The van der Waals surface area contributed by atoms with Crippen molar-refractivity contribution >= 4 is 17.8 Å². The number of urea groups is 1. The highest BCUT2D eigenvalue weighted by Gasteiger charge is 2.19. The van der Waals surface area contributed by atoms with E-state index in [0.29, 0.717) is 26.1 Å². The maximum atomic E-state index is 12.2. The van der Waals surface area contributed by atoms with E-state index in [9.17, 15) is 9.59 Å². The molecule has 1 aromatic heterocycles. The van der Waals surface area contributed by atoms with E-state index in [4.69, 9.17) is 0 Å². The fraction of sp³-hybridized carbons (Fsp3) is 0.435. The predicted molar refractivity (Wildman–Crippen MR) is 118 cm³/mol. The summed E-state index contributed by atoms with van der Waals surface area (Å²) >= 11 is 0. The van der Waals surface area contributed by atoms with Crippen LogP contribution in [0.25, 0.3) is 0 Å². The first kappa shape index (κ1) is 21.6. The van der Waals surface area contributed by atoms with E-state index in [0.717, 1.165) is 48.6 Å². The minimum atomic E-state index is -0.219. The first-order valence-electron chi connectivity index (χ1n) is 10.7. The average Bonchev–Trinajstić information content (AvgIpc) is 3.17. The lowest BCUT2D eigenvalue weighted by molar-refractivity contribution is -0.128. The number of carbonyl (C=O) groups is 2. The largest absolute Gasteiger partial charge is 0.357 e. The molecule has 2 N–H and O–H groups in total. The van der Waals surface area contributed by atoms with Gasteiger partial charge in [-0.05, 0) is 43.0 Å². The van der Waals surface area contributed by atoms with Gasteiger partial charge in [-0.15, -0.1) is 0 Å². The van der Waals surface area contributed by atoms with Crippen LogP contribution in [0.3, 0.4) is 0 Å². The fourth-order valence-electron chi connectivity index (χ4n) is 3.61. The van der Waals surface area contributed by atoms with Crippen molar-refractivity contribution in [2.24, 2.45) is 0 Å². The molecule has 160 valence electrons. The summed E-state index contributed by atoms with van der Waals surface area (Å²) < 4.78 is 0. The maximum Gasteiger partial charge on any atom is 0.315 e. The number of hydrogen-bond donors (Lipinski definition) is 2. The van der Waals surface area contributed by atoms with E-state index in [1.807, 2.05) is 41.3 Å². The Morgan fingerprint density at radius 1 is 1.07 bits per heavy atom. The first-order valence-corrected chi connectivity index (χ1v) is 10.7. The molecule has 1 fully saturated rings. The van der Waals surface area contributed by atoms with Crippen molar-refractivity contribution in [2.45, 2.75) is 46.3 Å². The Balaban J connectivity index is 1.44. The number of anilines is 1. The summed E-state index contributed by atoms with van der Waals surface area (Å²) in [6.07, 6.45) is 3.39. The Morgan fingerprint density at radius 2 is 1.80 bits per heavy atom. The first-order chi connectivity index (χ1) is 14.6. The van der Waals surface area contributed by atoms with Crippen LogP contribution >= 0.6 is 0 Å². The summed E-state index contributed by atoms with van der Waals surface area (Å²) in [6, 6.07) is 11.8. The van der Waals surface area contributed by atoms with Gasteiger partial charge in [0.15, 0.2) is 0 Å². The molecule has 1 aliphatic rings.